The Morgan fingerprint density at radius 2 is 2.04 bits per heavy atom. The van der Waals surface area contributed by atoms with Crippen molar-refractivity contribution in [2.24, 2.45) is 0 Å². The molecule has 7 heteroatoms. The number of halogens is 1. The molecule has 1 aliphatic heterocycles. The first-order valence-corrected chi connectivity index (χ1v) is 8.58. The summed E-state index contributed by atoms with van der Waals surface area (Å²) in [5.74, 6) is 0.440. The van der Waals surface area contributed by atoms with Crippen LogP contribution in [0.25, 0.3) is 6.08 Å². The molecular formula is C18H14FNO3S2. The molecule has 25 heavy (non-hydrogen) atoms. The van der Waals surface area contributed by atoms with E-state index < -0.39 is 0 Å². The predicted octanol–water partition coefficient (Wildman–Crippen LogP) is 3.90. The third kappa shape index (κ3) is 4.18. The predicted molar refractivity (Wildman–Crippen MR) is 100 cm³/mol. The van der Waals surface area contributed by atoms with E-state index in [2.05, 4.69) is 5.32 Å². The van der Waals surface area contributed by atoms with Crippen LogP contribution < -0.4 is 14.8 Å². The van der Waals surface area contributed by atoms with Gasteiger partial charge in [-0.1, -0.05) is 48.2 Å². The van der Waals surface area contributed by atoms with Crippen molar-refractivity contribution in [1.29, 1.82) is 0 Å². The second-order valence-corrected chi connectivity index (χ2v) is 6.86. The van der Waals surface area contributed by atoms with E-state index in [1.165, 1.54) is 24.9 Å². The smallest absolute Gasteiger partial charge is 0.263 e. The fourth-order valence-corrected chi connectivity index (χ4v) is 3.28. The molecule has 4 nitrogen and oxygen atoms in total. The summed E-state index contributed by atoms with van der Waals surface area (Å²) >= 11 is 6.18. The SMILES string of the molecule is COc1ccc(/C=C2/SC(=S)NC2=O)cc1OCc1ccccc1F. The number of hydrogen-bond acceptors (Lipinski definition) is 5. The van der Waals surface area contributed by atoms with E-state index >= 15 is 0 Å². The zero-order chi connectivity index (χ0) is 17.8. The highest BCUT2D eigenvalue weighted by Gasteiger charge is 2.22. The third-order valence-corrected chi connectivity index (χ3v) is 4.63. The van der Waals surface area contributed by atoms with Crippen LogP contribution in [0.15, 0.2) is 47.4 Å². The molecule has 2 aromatic rings. The zero-order valence-corrected chi connectivity index (χ0v) is 14.9. The van der Waals surface area contributed by atoms with Gasteiger partial charge in [0, 0.05) is 5.56 Å². The van der Waals surface area contributed by atoms with E-state index in [9.17, 15) is 9.18 Å². The summed E-state index contributed by atoms with van der Waals surface area (Å²) in [7, 11) is 1.53. The Morgan fingerprint density at radius 1 is 1.24 bits per heavy atom. The topological polar surface area (TPSA) is 47.6 Å². The van der Waals surface area contributed by atoms with Gasteiger partial charge in [-0.3, -0.25) is 4.79 Å². The molecule has 1 fully saturated rings. The highest BCUT2D eigenvalue weighted by molar-refractivity contribution is 8.26. The number of rotatable bonds is 5. The van der Waals surface area contributed by atoms with Crippen LogP contribution in [-0.4, -0.2) is 17.3 Å². The van der Waals surface area contributed by atoms with Crippen molar-refractivity contribution >= 4 is 40.3 Å². The molecule has 2 aromatic carbocycles. The van der Waals surface area contributed by atoms with Crippen molar-refractivity contribution in [3.8, 4) is 11.5 Å². The molecule has 3 rings (SSSR count). The molecule has 0 unspecified atom stereocenters. The van der Waals surface area contributed by atoms with Gasteiger partial charge in [-0.15, -0.1) is 0 Å². The summed E-state index contributed by atoms with van der Waals surface area (Å²) in [6, 6.07) is 11.7. The minimum absolute atomic E-state index is 0.0718. The molecule has 1 N–H and O–H groups in total. The first kappa shape index (κ1) is 17.4. The monoisotopic (exact) mass is 375 g/mol. The van der Waals surface area contributed by atoms with Gasteiger partial charge in [0.25, 0.3) is 5.91 Å². The molecule has 1 aliphatic rings. The van der Waals surface area contributed by atoms with Crippen LogP contribution in [0.4, 0.5) is 4.39 Å². The lowest BCUT2D eigenvalue weighted by Crippen LogP contribution is -2.17. The first-order chi connectivity index (χ1) is 12.1. The maximum absolute atomic E-state index is 13.7. The van der Waals surface area contributed by atoms with Gasteiger partial charge in [0.2, 0.25) is 0 Å². The Balaban J connectivity index is 1.83. The number of amides is 1. The van der Waals surface area contributed by atoms with Gasteiger partial charge in [0.1, 0.15) is 16.7 Å². The maximum Gasteiger partial charge on any atom is 0.263 e. The van der Waals surface area contributed by atoms with Gasteiger partial charge in [-0.25, -0.2) is 4.39 Å². The van der Waals surface area contributed by atoms with Crippen molar-refractivity contribution in [3.05, 3.63) is 64.3 Å². The van der Waals surface area contributed by atoms with Gasteiger partial charge in [-0.05, 0) is 29.8 Å². The Labute approximate surface area is 154 Å². The number of carbonyl (C=O) groups excluding carboxylic acids is 1. The number of thiocarbonyl (C=S) groups is 1. The Morgan fingerprint density at radius 3 is 2.72 bits per heavy atom. The Kier molecular flexibility index (Phi) is 5.35. The average Bonchev–Trinajstić information content (AvgIpc) is 2.91. The fourth-order valence-electron chi connectivity index (χ4n) is 2.24. The Bertz CT molecular complexity index is 867. The molecule has 1 saturated heterocycles. The third-order valence-electron chi connectivity index (χ3n) is 3.47. The normalized spacial score (nSPS) is 15.4. The average molecular weight is 375 g/mol. The van der Waals surface area contributed by atoms with E-state index in [-0.39, 0.29) is 18.3 Å². The minimum atomic E-state index is -0.327. The lowest BCUT2D eigenvalue weighted by molar-refractivity contribution is -0.115. The van der Waals surface area contributed by atoms with Gasteiger partial charge in [0.15, 0.2) is 11.5 Å². The van der Waals surface area contributed by atoms with Crippen LogP contribution in [0.1, 0.15) is 11.1 Å². The van der Waals surface area contributed by atoms with E-state index in [0.29, 0.717) is 26.3 Å². The number of carbonyl (C=O) groups is 1. The second kappa shape index (κ2) is 7.67. The minimum Gasteiger partial charge on any atom is -0.493 e. The summed E-state index contributed by atoms with van der Waals surface area (Å²) < 4.78 is 25.2. The quantitative estimate of drug-likeness (QED) is 0.634. The molecule has 1 heterocycles. The molecule has 0 aromatic heterocycles. The molecule has 1 amide bonds. The molecule has 0 spiro atoms. The van der Waals surface area contributed by atoms with Crippen molar-refractivity contribution < 1.29 is 18.7 Å². The fraction of sp³-hybridized carbons (Fsp3) is 0.111. The van der Waals surface area contributed by atoms with E-state index in [1.807, 2.05) is 0 Å². The number of benzene rings is 2. The lowest BCUT2D eigenvalue weighted by Gasteiger charge is -2.12. The van der Waals surface area contributed by atoms with Crippen LogP contribution in [-0.2, 0) is 11.4 Å². The van der Waals surface area contributed by atoms with E-state index in [4.69, 9.17) is 21.7 Å². The molecule has 128 valence electrons. The highest BCUT2D eigenvalue weighted by atomic mass is 32.2. The number of hydrogen-bond donors (Lipinski definition) is 1. The molecule has 0 atom stereocenters. The molecule has 0 aliphatic carbocycles. The summed E-state index contributed by atoms with van der Waals surface area (Å²) in [6.45, 7) is 0.0718. The van der Waals surface area contributed by atoms with Crippen LogP contribution in [0.2, 0.25) is 0 Å². The molecular weight excluding hydrogens is 361 g/mol. The lowest BCUT2D eigenvalue weighted by atomic mass is 10.1. The highest BCUT2D eigenvalue weighted by Crippen LogP contribution is 2.32. The summed E-state index contributed by atoms with van der Waals surface area (Å²) in [4.78, 5) is 12.3. The van der Waals surface area contributed by atoms with Crippen LogP contribution in [0, 0.1) is 5.82 Å². The van der Waals surface area contributed by atoms with Crippen LogP contribution in [0.3, 0.4) is 0 Å². The Hall–Kier alpha value is -2.38. The van der Waals surface area contributed by atoms with Gasteiger partial charge in [0.05, 0.1) is 12.0 Å². The second-order valence-electron chi connectivity index (χ2n) is 5.14. The van der Waals surface area contributed by atoms with E-state index in [0.717, 1.165) is 5.56 Å². The van der Waals surface area contributed by atoms with Crippen molar-refractivity contribution in [2.75, 3.05) is 7.11 Å². The van der Waals surface area contributed by atoms with Crippen LogP contribution in [0.5, 0.6) is 11.5 Å². The number of nitrogens with one attached hydrogen (secondary N) is 1. The van der Waals surface area contributed by atoms with Crippen molar-refractivity contribution in [3.63, 3.8) is 0 Å². The number of thioether (sulfide) groups is 1. The largest absolute Gasteiger partial charge is 0.493 e. The van der Waals surface area contributed by atoms with E-state index in [1.54, 1.807) is 42.5 Å². The van der Waals surface area contributed by atoms with Gasteiger partial charge in [-0.2, -0.15) is 0 Å². The van der Waals surface area contributed by atoms with Crippen molar-refractivity contribution in [2.45, 2.75) is 6.61 Å². The van der Waals surface area contributed by atoms with Crippen LogP contribution >= 0.6 is 24.0 Å². The maximum atomic E-state index is 13.7. The molecule has 0 bridgehead atoms. The number of methoxy groups -OCH3 is 1. The van der Waals surface area contributed by atoms with Crippen molar-refractivity contribution in [1.82, 2.24) is 5.32 Å². The first-order valence-electron chi connectivity index (χ1n) is 7.36. The standard InChI is InChI=1S/C18H14FNO3S2/c1-22-14-7-6-11(9-16-17(21)20-18(24)25-16)8-15(14)23-10-12-4-2-3-5-13(12)19/h2-9H,10H2,1H3,(H,20,21,24)/b16-9+. The number of ether oxygens (including phenoxy) is 2. The zero-order valence-electron chi connectivity index (χ0n) is 13.2. The van der Waals surface area contributed by atoms with Gasteiger partial charge >= 0.3 is 0 Å². The summed E-state index contributed by atoms with van der Waals surface area (Å²) in [5, 5.41) is 2.57. The summed E-state index contributed by atoms with van der Waals surface area (Å²) in [5.41, 5.74) is 1.20. The molecule has 0 saturated carbocycles. The molecule has 0 radical (unpaired) electrons. The van der Waals surface area contributed by atoms with Gasteiger partial charge < -0.3 is 14.8 Å². The summed E-state index contributed by atoms with van der Waals surface area (Å²) in [6.07, 6.45) is 1.72.